The molecule has 1 saturated carbocycles. The Morgan fingerprint density at radius 3 is 2.75 bits per heavy atom. The maximum Gasteiger partial charge on any atom is 0.227 e. The Hall–Kier alpha value is -1.33. The predicted molar refractivity (Wildman–Crippen MR) is 87.1 cm³/mol. The van der Waals surface area contributed by atoms with Crippen LogP contribution in [0.3, 0.4) is 0 Å². The molecular formula is C15H15BrN2OS. The number of carbonyl (C=O) groups excluding carboxylic acids is 1. The molecule has 0 bridgehead atoms. The number of halogens is 1. The van der Waals surface area contributed by atoms with Crippen LogP contribution in [0.5, 0.6) is 0 Å². The normalized spacial score (nSPS) is 14.1. The molecule has 1 amide bonds. The largest absolute Gasteiger partial charge is 0.380 e. The molecule has 1 fully saturated rings. The molecule has 0 spiro atoms. The number of hydrogen-bond donors (Lipinski definition) is 2. The number of amides is 1. The number of nitrogens with one attached hydrogen (secondary N) is 2. The van der Waals surface area contributed by atoms with Crippen molar-refractivity contribution in [2.24, 2.45) is 5.92 Å². The minimum absolute atomic E-state index is 0.143. The van der Waals surface area contributed by atoms with E-state index < -0.39 is 0 Å². The molecular weight excluding hydrogens is 336 g/mol. The van der Waals surface area contributed by atoms with Gasteiger partial charge in [0.15, 0.2) is 0 Å². The Balaban J connectivity index is 1.60. The molecule has 2 N–H and O–H groups in total. The van der Waals surface area contributed by atoms with Gasteiger partial charge in [-0.1, -0.05) is 6.07 Å². The maximum atomic E-state index is 11.7. The lowest BCUT2D eigenvalue weighted by atomic mass is 10.2. The van der Waals surface area contributed by atoms with Gasteiger partial charge in [0, 0.05) is 28.7 Å². The van der Waals surface area contributed by atoms with Gasteiger partial charge in [-0.3, -0.25) is 4.79 Å². The van der Waals surface area contributed by atoms with Crippen molar-refractivity contribution in [3.05, 3.63) is 45.1 Å². The van der Waals surface area contributed by atoms with Gasteiger partial charge in [-0.05, 0) is 59.1 Å². The molecule has 20 heavy (non-hydrogen) atoms. The quantitative estimate of drug-likeness (QED) is 0.834. The molecule has 3 nitrogen and oxygen atoms in total. The summed E-state index contributed by atoms with van der Waals surface area (Å²) in [5.74, 6) is 0.374. The second-order valence-corrected chi connectivity index (χ2v) is 7.45. The standard InChI is InChI=1S/C15H15BrN2OS/c16-14-7-6-13(20-14)9-17-11-2-1-3-12(8-11)18-15(19)10-4-5-10/h1-3,6-8,10,17H,4-5,9H2,(H,18,19). The summed E-state index contributed by atoms with van der Waals surface area (Å²) in [6, 6.07) is 12.0. The van der Waals surface area contributed by atoms with Gasteiger partial charge < -0.3 is 10.6 Å². The fraction of sp³-hybridized carbons (Fsp3) is 0.267. The molecule has 3 rings (SSSR count). The summed E-state index contributed by atoms with van der Waals surface area (Å²) in [4.78, 5) is 13.0. The Bertz CT molecular complexity index is 622. The minimum Gasteiger partial charge on any atom is -0.380 e. The van der Waals surface area contributed by atoms with Crippen LogP contribution in [0.1, 0.15) is 17.7 Å². The third-order valence-corrected chi connectivity index (χ3v) is 4.80. The molecule has 0 radical (unpaired) electrons. The molecule has 1 aromatic heterocycles. The molecule has 1 aliphatic rings. The van der Waals surface area contributed by atoms with E-state index in [9.17, 15) is 4.79 Å². The molecule has 0 unspecified atom stereocenters. The second kappa shape index (κ2) is 5.97. The Kier molecular flexibility index (Phi) is 4.08. The van der Waals surface area contributed by atoms with Crippen molar-refractivity contribution >= 4 is 44.5 Å². The first-order valence-corrected chi connectivity index (χ1v) is 8.21. The predicted octanol–water partition coefficient (Wildman–Crippen LogP) is 4.47. The first-order chi connectivity index (χ1) is 9.70. The fourth-order valence-electron chi connectivity index (χ4n) is 1.93. The van der Waals surface area contributed by atoms with Crippen LogP contribution < -0.4 is 10.6 Å². The molecule has 0 saturated heterocycles. The van der Waals surface area contributed by atoms with Gasteiger partial charge in [-0.25, -0.2) is 0 Å². The van der Waals surface area contributed by atoms with Crippen LogP contribution in [0.15, 0.2) is 40.2 Å². The van der Waals surface area contributed by atoms with Gasteiger partial charge in [-0.15, -0.1) is 11.3 Å². The highest BCUT2D eigenvalue weighted by Gasteiger charge is 2.29. The summed E-state index contributed by atoms with van der Waals surface area (Å²) in [5.41, 5.74) is 1.88. The molecule has 1 aliphatic carbocycles. The zero-order chi connectivity index (χ0) is 13.9. The van der Waals surface area contributed by atoms with Crippen molar-refractivity contribution in [1.29, 1.82) is 0 Å². The van der Waals surface area contributed by atoms with E-state index in [0.717, 1.165) is 34.5 Å². The van der Waals surface area contributed by atoms with Crippen molar-refractivity contribution in [3.63, 3.8) is 0 Å². The summed E-state index contributed by atoms with van der Waals surface area (Å²) in [7, 11) is 0. The molecule has 1 aromatic carbocycles. The lowest BCUT2D eigenvalue weighted by Gasteiger charge is -2.08. The minimum atomic E-state index is 0.143. The Morgan fingerprint density at radius 2 is 2.05 bits per heavy atom. The zero-order valence-electron chi connectivity index (χ0n) is 10.9. The summed E-state index contributed by atoms with van der Waals surface area (Å²) in [5, 5.41) is 6.33. The van der Waals surface area contributed by atoms with Crippen molar-refractivity contribution in [2.75, 3.05) is 10.6 Å². The number of anilines is 2. The fourth-order valence-corrected chi connectivity index (χ4v) is 3.36. The first kappa shape index (κ1) is 13.6. The van der Waals surface area contributed by atoms with Gasteiger partial charge in [0.05, 0.1) is 3.79 Å². The number of carbonyl (C=O) groups is 1. The van der Waals surface area contributed by atoms with Gasteiger partial charge in [0.1, 0.15) is 0 Å². The van der Waals surface area contributed by atoms with Crippen molar-refractivity contribution in [1.82, 2.24) is 0 Å². The smallest absolute Gasteiger partial charge is 0.227 e. The molecule has 2 aromatic rings. The van der Waals surface area contributed by atoms with Crippen LogP contribution in [-0.2, 0) is 11.3 Å². The van der Waals surface area contributed by atoms with Crippen molar-refractivity contribution in [2.45, 2.75) is 19.4 Å². The maximum absolute atomic E-state index is 11.7. The number of hydrogen-bond acceptors (Lipinski definition) is 3. The molecule has 0 aliphatic heterocycles. The van der Waals surface area contributed by atoms with Crippen molar-refractivity contribution in [3.8, 4) is 0 Å². The van der Waals surface area contributed by atoms with E-state index in [1.165, 1.54) is 4.88 Å². The molecule has 1 heterocycles. The van der Waals surface area contributed by atoms with Crippen LogP contribution in [0, 0.1) is 5.92 Å². The van der Waals surface area contributed by atoms with E-state index >= 15 is 0 Å². The van der Waals surface area contributed by atoms with E-state index in [0.29, 0.717) is 0 Å². The topological polar surface area (TPSA) is 41.1 Å². The van der Waals surface area contributed by atoms with Crippen LogP contribution in [0.25, 0.3) is 0 Å². The average molecular weight is 351 g/mol. The highest BCUT2D eigenvalue weighted by atomic mass is 79.9. The van der Waals surface area contributed by atoms with Gasteiger partial charge in [0.2, 0.25) is 5.91 Å². The number of thiophene rings is 1. The van der Waals surface area contributed by atoms with E-state index in [-0.39, 0.29) is 11.8 Å². The van der Waals surface area contributed by atoms with E-state index in [1.807, 2.05) is 30.3 Å². The summed E-state index contributed by atoms with van der Waals surface area (Å²) in [6.07, 6.45) is 2.05. The van der Waals surface area contributed by atoms with Gasteiger partial charge in [0.25, 0.3) is 0 Å². The lowest BCUT2D eigenvalue weighted by Crippen LogP contribution is -2.13. The average Bonchev–Trinajstić information content (AvgIpc) is 3.20. The van der Waals surface area contributed by atoms with Crippen molar-refractivity contribution < 1.29 is 4.79 Å². The van der Waals surface area contributed by atoms with Gasteiger partial charge in [-0.2, -0.15) is 0 Å². The molecule has 104 valence electrons. The Labute approximate surface area is 130 Å². The van der Waals surface area contributed by atoms with E-state index in [4.69, 9.17) is 0 Å². The van der Waals surface area contributed by atoms with E-state index in [1.54, 1.807) is 11.3 Å². The van der Waals surface area contributed by atoms with Crippen LogP contribution in [-0.4, -0.2) is 5.91 Å². The Morgan fingerprint density at radius 1 is 1.25 bits per heavy atom. The monoisotopic (exact) mass is 350 g/mol. The van der Waals surface area contributed by atoms with Crippen LogP contribution in [0.2, 0.25) is 0 Å². The van der Waals surface area contributed by atoms with Gasteiger partial charge >= 0.3 is 0 Å². The third kappa shape index (κ3) is 3.61. The zero-order valence-corrected chi connectivity index (χ0v) is 13.3. The molecule has 0 atom stereocenters. The van der Waals surface area contributed by atoms with E-state index in [2.05, 4.69) is 32.6 Å². The lowest BCUT2D eigenvalue weighted by molar-refractivity contribution is -0.117. The number of rotatable bonds is 5. The molecule has 5 heteroatoms. The SMILES string of the molecule is O=C(Nc1cccc(NCc2ccc(Br)s2)c1)C1CC1. The number of benzene rings is 1. The summed E-state index contributed by atoms with van der Waals surface area (Å²) >= 11 is 5.18. The summed E-state index contributed by atoms with van der Waals surface area (Å²) < 4.78 is 1.14. The van der Waals surface area contributed by atoms with Crippen LogP contribution in [0.4, 0.5) is 11.4 Å². The second-order valence-electron chi connectivity index (χ2n) is 4.90. The highest BCUT2D eigenvalue weighted by molar-refractivity contribution is 9.11. The first-order valence-electron chi connectivity index (χ1n) is 6.60. The highest BCUT2D eigenvalue weighted by Crippen LogP contribution is 2.30. The van der Waals surface area contributed by atoms with Crippen LogP contribution >= 0.6 is 27.3 Å². The summed E-state index contributed by atoms with van der Waals surface area (Å²) in [6.45, 7) is 0.788. The third-order valence-electron chi connectivity index (χ3n) is 3.17.